The molecule has 0 radical (unpaired) electrons. The number of ether oxygens (including phenoxy) is 2. The second-order valence-corrected chi connectivity index (χ2v) is 6.50. The zero-order valence-corrected chi connectivity index (χ0v) is 16.8. The van der Waals surface area contributed by atoms with Crippen molar-refractivity contribution >= 4 is 23.6 Å². The van der Waals surface area contributed by atoms with Gasteiger partial charge in [0.1, 0.15) is 17.4 Å². The van der Waals surface area contributed by atoms with E-state index in [1.165, 1.54) is 11.6 Å². The Balaban J connectivity index is 1.91. The Labute approximate surface area is 170 Å². The lowest BCUT2D eigenvalue weighted by Gasteiger charge is -2.10. The van der Waals surface area contributed by atoms with Crippen LogP contribution in [0.5, 0.6) is 5.75 Å². The SMILES string of the molecule is CC[C@H](C)c1ccc(NC(=O)COC(=O)/C(C#N)=C/c2ccc(OC)cc2)cc1. The number of methoxy groups -OCH3 is 1. The minimum absolute atomic E-state index is 0.194. The highest BCUT2D eigenvalue weighted by molar-refractivity contribution is 6.00. The van der Waals surface area contributed by atoms with Crippen molar-refractivity contribution in [1.29, 1.82) is 5.26 Å². The number of amides is 1. The summed E-state index contributed by atoms with van der Waals surface area (Å²) < 4.78 is 10.0. The lowest BCUT2D eigenvalue weighted by molar-refractivity contribution is -0.142. The zero-order chi connectivity index (χ0) is 21.2. The first kappa shape index (κ1) is 21.7. The van der Waals surface area contributed by atoms with Crippen molar-refractivity contribution in [3.63, 3.8) is 0 Å². The minimum Gasteiger partial charge on any atom is -0.497 e. The molecule has 0 aliphatic rings. The monoisotopic (exact) mass is 392 g/mol. The van der Waals surface area contributed by atoms with Crippen molar-refractivity contribution in [1.82, 2.24) is 0 Å². The first-order valence-corrected chi connectivity index (χ1v) is 9.29. The van der Waals surface area contributed by atoms with Gasteiger partial charge >= 0.3 is 5.97 Å². The molecule has 0 saturated heterocycles. The molecule has 0 fully saturated rings. The lowest BCUT2D eigenvalue weighted by atomic mass is 9.99. The Morgan fingerprint density at radius 2 is 1.79 bits per heavy atom. The number of carbonyl (C=O) groups excluding carboxylic acids is 2. The second-order valence-electron chi connectivity index (χ2n) is 6.50. The zero-order valence-electron chi connectivity index (χ0n) is 16.8. The van der Waals surface area contributed by atoms with Gasteiger partial charge in [0, 0.05) is 5.69 Å². The van der Waals surface area contributed by atoms with Crippen LogP contribution < -0.4 is 10.1 Å². The Kier molecular flexibility index (Phi) is 7.99. The maximum Gasteiger partial charge on any atom is 0.349 e. The second kappa shape index (κ2) is 10.7. The van der Waals surface area contributed by atoms with Crippen LogP contribution in [0.3, 0.4) is 0 Å². The van der Waals surface area contributed by atoms with E-state index in [0.717, 1.165) is 6.42 Å². The predicted molar refractivity (Wildman–Crippen MR) is 111 cm³/mol. The number of hydrogen-bond acceptors (Lipinski definition) is 5. The number of rotatable bonds is 8. The highest BCUT2D eigenvalue weighted by atomic mass is 16.5. The van der Waals surface area contributed by atoms with Gasteiger partial charge in [-0.05, 0) is 53.8 Å². The summed E-state index contributed by atoms with van der Waals surface area (Å²) in [5, 5.41) is 11.9. The van der Waals surface area contributed by atoms with E-state index in [4.69, 9.17) is 9.47 Å². The van der Waals surface area contributed by atoms with E-state index in [-0.39, 0.29) is 5.57 Å². The predicted octanol–water partition coefficient (Wildman–Crippen LogP) is 4.30. The minimum atomic E-state index is -0.856. The van der Waals surface area contributed by atoms with Crippen molar-refractivity contribution in [3.05, 3.63) is 65.2 Å². The van der Waals surface area contributed by atoms with E-state index in [0.29, 0.717) is 22.9 Å². The number of carbonyl (C=O) groups is 2. The molecule has 0 aliphatic carbocycles. The number of esters is 1. The van der Waals surface area contributed by atoms with Crippen molar-refractivity contribution < 1.29 is 19.1 Å². The van der Waals surface area contributed by atoms with Crippen LogP contribution in [-0.4, -0.2) is 25.6 Å². The van der Waals surface area contributed by atoms with E-state index < -0.39 is 18.5 Å². The molecule has 0 heterocycles. The normalized spacial score (nSPS) is 11.9. The van der Waals surface area contributed by atoms with Crippen LogP contribution in [0.1, 0.15) is 37.3 Å². The van der Waals surface area contributed by atoms with Gasteiger partial charge in [-0.3, -0.25) is 4.79 Å². The molecule has 1 atom stereocenters. The average molecular weight is 392 g/mol. The van der Waals surface area contributed by atoms with Crippen molar-refractivity contribution in [2.24, 2.45) is 0 Å². The van der Waals surface area contributed by atoms with Crippen molar-refractivity contribution in [2.45, 2.75) is 26.2 Å². The third-order valence-electron chi connectivity index (χ3n) is 4.48. The molecule has 1 N–H and O–H groups in total. The smallest absolute Gasteiger partial charge is 0.349 e. The molecule has 6 nitrogen and oxygen atoms in total. The van der Waals surface area contributed by atoms with E-state index in [9.17, 15) is 14.9 Å². The molecule has 1 amide bonds. The number of benzene rings is 2. The standard InChI is InChI=1S/C23H24N2O4/c1-4-16(2)18-7-9-20(10-8-18)25-22(26)15-29-23(27)19(14-24)13-17-5-11-21(28-3)12-6-17/h5-13,16H,4,15H2,1-3H3,(H,25,26)/b19-13+/t16-/m0/s1. The molecular weight excluding hydrogens is 368 g/mol. The third-order valence-corrected chi connectivity index (χ3v) is 4.48. The molecule has 2 rings (SSSR count). The van der Waals surface area contributed by atoms with Gasteiger partial charge in [-0.15, -0.1) is 0 Å². The molecule has 0 spiro atoms. The van der Waals surface area contributed by atoms with Gasteiger partial charge in [0.25, 0.3) is 5.91 Å². The Morgan fingerprint density at radius 1 is 1.14 bits per heavy atom. The highest BCUT2D eigenvalue weighted by Gasteiger charge is 2.13. The van der Waals surface area contributed by atoms with Gasteiger partial charge in [0.15, 0.2) is 6.61 Å². The summed E-state index contributed by atoms with van der Waals surface area (Å²) in [4.78, 5) is 24.1. The number of nitriles is 1. The van der Waals surface area contributed by atoms with Crippen LogP contribution in [-0.2, 0) is 14.3 Å². The van der Waals surface area contributed by atoms with Crippen LogP contribution >= 0.6 is 0 Å². The average Bonchev–Trinajstić information content (AvgIpc) is 2.76. The molecule has 29 heavy (non-hydrogen) atoms. The number of nitrogens with zero attached hydrogens (tertiary/aromatic N) is 1. The Bertz CT molecular complexity index is 909. The summed E-state index contributed by atoms with van der Waals surface area (Å²) in [6.45, 7) is 3.78. The van der Waals surface area contributed by atoms with Crippen molar-refractivity contribution in [2.75, 3.05) is 19.0 Å². The van der Waals surface area contributed by atoms with E-state index in [1.807, 2.05) is 24.3 Å². The van der Waals surface area contributed by atoms with Gasteiger partial charge in [0.2, 0.25) is 0 Å². The topological polar surface area (TPSA) is 88.4 Å². The van der Waals surface area contributed by atoms with Crippen LogP contribution in [0.15, 0.2) is 54.1 Å². The summed E-state index contributed by atoms with van der Waals surface area (Å²) in [5.74, 6) is -0.221. The summed E-state index contributed by atoms with van der Waals surface area (Å²) in [6.07, 6.45) is 2.43. The summed E-state index contributed by atoms with van der Waals surface area (Å²) in [5.41, 5.74) is 2.26. The maximum absolute atomic E-state index is 12.1. The number of nitrogens with one attached hydrogen (secondary N) is 1. The lowest BCUT2D eigenvalue weighted by Crippen LogP contribution is -2.21. The fraction of sp³-hybridized carbons (Fsp3) is 0.261. The number of anilines is 1. The van der Waals surface area contributed by atoms with Crippen molar-refractivity contribution in [3.8, 4) is 11.8 Å². The quantitative estimate of drug-likeness (QED) is 0.411. The molecule has 2 aromatic rings. The van der Waals surface area contributed by atoms with Crippen LogP contribution in [0.4, 0.5) is 5.69 Å². The van der Waals surface area contributed by atoms with Crippen LogP contribution in [0, 0.1) is 11.3 Å². The molecule has 2 aromatic carbocycles. The number of hydrogen-bond donors (Lipinski definition) is 1. The van der Waals surface area contributed by atoms with Crippen LogP contribution in [0.2, 0.25) is 0 Å². The van der Waals surface area contributed by atoms with Gasteiger partial charge in [-0.25, -0.2) is 4.79 Å². The molecule has 0 unspecified atom stereocenters. The molecule has 0 saturated carbocycles. The molecular formula is C23H24N2O4. The summed E-state index contributed by atoms with van der Waals surface area (Å²) in [6, 6.07) is 16.2. The molecule has 0 aliphatic heterocycles. The summed E-state index contributed by atoms with van der Waals surface area (Å²) >= 11 is 0. The molecule has 150 valence electrons. The van der Waals surface area contributed by atoms with E-state index in [2.05, 4.69) is 19.2 Å². The van der Waals surface area contributed by atoms with E-state index in [1.54, 1.807) is 37.4 Å². The first-order chi connectivity index (χ1) is 14.0. The van der Waals surface area contributed by atoms with Crippen LogP contribution in [0.25, 0.3) is 6.08 Å². The molecule has 0 aromatic heterocycles. The van der Waals surface area contributed by atoms with Gasteiger partial charge < -0.3 is 14.8 Å². The van der Waals surface area contributed by atoms with Gasteiger partial charge in [-0.1, -0.05) is 38.1 Å². The first-order valence-electron chi connectivity index (χ1n) is 9.29. The summed E-state index contributed by atoms with van der Waals surface area (Å²) in [7, 11) is 1.55. The maximum atomic E-state index is 12.1. The third kappa shape index (κ3) is 6.51. The van der Waals surface area contributed by atoms with E-state index >= 15 is 0 Å². The molecule has 0 bridgehead atoms. The fourth-order valence-corrected chi connectivity index (χ4v) is 2.54. The largest absolute Gasteiger partial charge is 0.497 e. The fourth-order valence-electron chi connectivity index (χ4n) is 2.54. The molecule has 6 heteroatoms. The van der Waals surface area contributed by atoms with Gasteiger partial charge in [0.05, 0.1) is 7.11 Å². The highest BCUT2D eigenvalue weighted by Crippen LogP contribution is 2.20. The Hall–Kier alpha value is -3.59. The van der Waals surface area contributed by atoms with Gasteiger partial charge in [-0.2, -0.15) is 5.26 Å². The Morgan fingerprint density at radius 3 is 2.34 bits per heavy atom.